The van der Waals surface area contributed by atoms with Crippen molar-refractivity contribution >= 4 is 20.1 Å². The largest absolute Gasteiger partial charge is 0.369 e. The Morgan fingerprint density at radius 2 is 1.77 bits per heavy atom. The lowest BCUT2D eigenvalue weighted by atomic mass is 10.00. The number of piperazine rings is 1. The highest BCUT2D eigenvalue weighted by molar-refractivity contribution is 7.43. The van der Waals surface area contributed by atoms with Gasteiger partial charge in [0.1, 0.15) is 0 Å². The van der Waals surface area contributed by atoms with Crippen LogP contribution in [-0.4, -0.2) is 47.5 Å². The Hall–Kier alpha value is -3.02. The number of benzene rings is 1. The van der Waals surface area contributed by atoms with Crippen molar-refractivity contribution in [1.29, 1.82) is 0 Å². The Bertz CT molecular complexity index is 1140. The fourth-order valence-electron chi connectivity index (χ4n) is 4.91. The number of amides is 1. The van der Waals surface area contributed by atoms with E-state index in [1.54, 1.807) is 6.92 Å². The minimum atomic E-state index is 0.0599. The second kappa shape index (κ2) is 16.8. The first-order chi connectivity index (χ1) is 18.7. The molecule has 2 unspecified atom stereocenters. The third-order valence-corrected chi connectivity index (χ3v) is 8.05. The molecule has 2 heterocycles. The molecule has 2 aliphatic heterocycles. The highest BCUT2D eigenvalue weighted by Crippen LogP contribution is 2.34. The van der Waals surface area contributed by atoms with Crippen molar-refractivity contribution in [1.82, 2.24) is 15.1 Å². The normalized spacial score (nSPS) is 18.4. The van der Waals surface area contributed by atoms with Gasteiger partial charge in [-0.2, -0.15) is 0 Å². The molecule has 1 aromatic rings. The zero-order chi connectivity index (χ0) is 28.8. The van der Waals surface area contributed by atoms with Crippen molar-refractivity contribution in [3.63, 3.8) is 0 Å². The van der Waals surface area contributed by atoms with Crippen LogP contribution in [0.1, 0.15) is 72.4 Å². The topological polar surface area (TPSA) is 35.6 Å². The Balaban J connectivity index is 0.00000170. The molecule has 0 aromatic heterocycles. The van der Waals surface area contributed by atoms with Crippen molar-refractivity contribution in [3.8, 4) is 12.3 Å². The first-order valence-electron chi connectivity index (χ1n) is 14.2. The minimum Gasteiger partial charge on any atom is -0.369 e. The molecule has 39 heavy (non-hydrogen) atoms. The molecule has 0 bridgehead atoms. The quantitative estimate of drug-likeness (QED) is 0.198. The van der Waals surface area contributed by atoms with Gasteiger partial charge in [0, 0.05) is 48.7 Å². The summed E-state index contributed by atoms with van der Waals surface area (Å²) in [6.07, 6.45) is 19.1. The van der Waals surface area contributed by atoms with Crippen LogP contribution in [0.25, 0.3) is 5.57 Å². The summed E-state index contributed by atoms with van der Waals surface area (Å²) >= 11 is 0. The number of carbonyl (C=O) groups is 1. The SMILES string of the molecule is C#CC.CC/C=C(/C)N1CCN(C2=CC=C(NC(=O)Cc3ccc(/C(C=C(C)C)=C/CC)cc3)CP2)CC1C. The van der Waals surface area contributed by atoms with Crippen molar-refractivity contribution in [3.05, 3.63) is 88.2 Å². The van der Waals surface area contributed by atoms with Gasteiger partial charge >= 0.3 is 0 Å². The molecule has 2 atom stereocenters. The van der Waals surface area contributed by atoms with E-state index in [0.29, 0.717) is 21.0 Å². The van der Waals surface area contributed by atoms with E-state index in [1.807, 2.05) is 0 Å². The fourth-order valence-corrected chi connectivity index (χ4v) is 6.12. The average Bonchev–Trinajstić information content (AvgIpc) is 2.89. The molecule has 0 saturated carbocycles. The molecule has 1 fully saturated rings. The minimum absolute atomic E-state index is 0.0599. The van der Waals surface area contributed by atoms with Gasteiger partial charge in [-0.1, -0.05) is 70.5 Å². The number of terminal acetylenes is 1. The summed E-state index contributed by atoms with van der Waals surface area (Å²) in [5.41, 5.74) is 8.61. The van der Waals surface area contributed by atoms with Gasteiger partial charge in [-0.3, -0.25) is 4.79 Å². The lowest BCUT2D eigenvalue weighted by molar-refractivity contribution is -0.119. The van der Waals surface area contributed by atoms with Crippen molar-refractivity contribution in [2.75, 3.05) is 25.8 Å². The first-order valence-corrected chi connectivity index (χ1v) is 15.4. The summed E-state index contributed by atoms with van der Waals surface area (Å²) in [5.74, 6) is 2.31. The van der Waals surface area contributed by atoms with Gasteiger partial charge in [-0.15, -0.1) is 12.3 Å². The second-order valence-electron chi connectivity index (χ2n) is 10.3. The van der Waals surface area contributed by atoms with Crippen molar-refractivity contribution in [2.45, 2.75) is 73.8 Å². The first kappa shape index (κ1) is 32.2. The predicted octanol–water partition coefficient (Wildman–Crippen LogP) is 7.48. The van der Waals surface area contributed by atoms with Crippen LogP contribution in [-0.2, 0) is 11.2 Å². The Labute approximate surface area is 239 Å². The molecule has 0 radical (unpaired) electrons. The number of allylic oxidation sites excluding steroid dienone is 9. The summed E-state index contributed by atoms with van der Waals surface area (Å²) in [7, 11) is 0.700. The molecule has 1 saturated heterocycles. The second-order valence-corrected chi connectivity index (χ2v) is 11.6. The predicted molar refractivity (Wildman–Crippen MR) is 172 cm³/mol. The zero-order valence-electron chi connectivity index (χ0n) is 25.1. The molecule has 1 amide bonds. The maximum absolute atomic E-state index is 12.7. The summed E-state index contributed by atoms with van der Waals surface area (Å²) in [6.45, 7) is 18.0. The van der Waals surface area contributed by atoms with Crippen LogP contribution in [0.4, 0.5) is 0 Å². The van der Waals surface area contributed by atoms with E-state index in [2.05, 4.69) is 124 Å². The van der Waals surface area contributed by atoms with Crippen LogP contribution >= 0.6 is 8.58 Å². The lowest BCUT2D eigenvalue weighted by Crippen LogP contribution is -2.50. The summed E-state index contributed by atoms with van der Waals surface area (Å²) in [6, 6.07) is 8.91. The number of hydrogen-bond acceptors (Lipinski definition) is 3. The zero-order valence-corrected chi connectivity index (χ0v) is 26.1. The third-order valence-electron chi connectivity index (χ3n) is 6.64. The standard InChI is InChI=1S/C31H44N3OP.C3H4/c1-7-9-24(5)34-18-17-33(21-25(34)6)31-16-15-29(22-36-31)32-30(35)20-26-11-13-27(14-12-26)28(10-8-2)19-23(3)4;1-3-2/h9-16,19,25,36H,7-8,17-18,20-22H2,1-6H3,(H,32,35);1H,2H3/b24-9-,28-10+;. The highest BCUT2D eigenvalue weighted by atomic mass is 31.1. The van der Waals surface area contributed by atoms with Crippen LogP contribution in [0.2, 0.25) is 0 Å². The van der Waals surface area contributed by atoms with Gasteiger partial charge in [-0.25, -0.2) is 0 Å². The molecule has 4 nitrogen and oxygen atoms in total. The third kappa shape index (κ3) is 10.6. The fraction of sp³-hybridized carbons (Fsp3) is 0.441. The summed E-state index contributed by atoms with van der Waals surface area (Å²) < 4.78 is 0. The van der Waals surface area contributed by atoms with Crippen LogP contribution in [0.15, 0.2) is 77.1 Å². The van der Waals surface area contributed by atoms with E-state index in [4.69, 9.17) is 0 Å². The maximum atomic E-state index is 12.7. The van der Waals surface area contributed by atoms with Crippen LogP contribution in [0.3, 0.4) is 0 Å². The number of carbonyl (C=O) groups excluding carboxylic acids is 1. The van der Waals surface area contributed by atoms with Gasteiger partial charge < -0.3 is 15.1 Å². The van der Waals surface area contributed by atoms with Gasteiger partial charge in [0.05, 0.1) is 6.42 Å². The molecular formula is C34H48N3OP. The molecular weight excluding hydrogens is 497 g/mol. The number of nitrogens with zero attached hydrogens (tertiary/aromatic N) is 2. The summed E-state index contributed by atoms with van der Waals surface area (Å²) in [5, 5.41) is 3.15. The molecule has 1 N–H and O–H groups in total. The molecule has 5 heteroatoms. The van der Waals surface area contributed by atoms with Crippen LogP contribution in [0, 0.1) is 12.3 Å². The Morgan fingerprint density at radius 3 is 2.31 bits per heavy atom. The van der Waals surface area contributed by atoms with E-state index in [0.717, 1.165) is 49.9 Å². The molecule has 3 rings (SSSR count). The number of hydrogen-bond donors (Lipinski definition) is 1. The van der Waals surface area contributed by atoms with E-state index in [-0.39, 0.29) is 5.91 Å². The molecule has 1 aromatic carbocycles. The van der Waals surface area contributed by atoms with Gasteiger partial charge in [-0.05, 0) is 76.3 Å². The van der Waals surface area contributed by atoms with E-state index < -0.39 is 0 Å². The molecule has 210 valence electrons. The van der Waals surface area contributed by atoms with Crippen molar-refractivity contribution in [2.24, 2.45) is 0 Å². The number of rotatable bonds is 9. The Morgan fingerprint density at radius 1 is 1.10 bits per heavy atom. The van der Waals surface area contributed by atoms with Gasteiger partial charge in [0.2, 0.25) is 5.91 Å². The van der Waals surface area contributed by atoms with Gasteiger partial charge in [0.25, 0.3) is 0 Å². The maximum Gasteiger partial charge on any atom is 0.228 e. The van der Waals surface area contributed by atoms with E-state index in [1.165, 1.54) is 27.8 Å². The molecule has 0 spiro atoms. The molecule has 0 aliphatic carbocycles. The molecule has 2 aliphatic rings. The average molecular weight is 546 g/mol. The smallest absolute Gasteiger partial charge is 0.228 e. The highest BCUT2D eigenvalue weighted by Gasteiger charge is 2.25. The van der Waals surface area contributed by atoms with E-state index in [9.17, 15) is 4.79 Å². The monoisotopic (exact) mass is 545 g/mol. The lowest BCUT2D eigenvalue weighted by Gasteiger charge is -2.44. The Kier molecular flexibility index (Phi) is 13.9. The van der Waals surface area contributed by atoms with Crippen molar-refractivity contribution < 1.29 is 4.79 Å². The summed E-state index contributed by atoms with van der Waals surface area (Å²) in [4.78, 5) is 17.8. The van der Waals surface area contributed by atoms with E-state index >= 15 is 0 Å². The number of nitrogens with one attached hydrogen (secondary N) is 1. The van der Waals surface area contributed by atoms with Gasteiger partial charge in [0.15, 0.2) is 0 Å². The van der Waals surface area contributed by atoms with Crippen LogP contribution < -0.4 is 5.32 Å². The van der Waals surface area contributed by atoms with Crippen LogP contribution in [0.5, 0.6) is 0 Å².